The molecule has 2 unspecified atom stereocenters. The summed E-state index contributed by atoms with van der Waals surface area (Å²) < 4.78 is 14.5. The number of nitrogens with two attached hydrogens (primary N) is 1. The number of hydrogen-bond acceptors (Lipinski definition) is 5. The average Bonchev–Trinajstić information content (AvgIpc) is 2.02. The first-order valence-electron chi connectivity index (χ1n) is 3.53. The Kier molecular flexibility index (Phi) is 11.1. The van der Waals surface area contributed by atoms with Crippen LogP contribution >= 0.6 is 8.03 Å². The van der Waals surface area contributed by atoms with Gasteiger partial charge in [-0.1, -0.05) is 4.57 Å². The molecule has 0 heterocycles. The molecule has 0 radical (unpaired) electrons. The molecular formula is C6H12NNaO4P+. The number of hydrogen-bond donors (Lipinski definition) is 1. The summed E-state index contributed by atoms with van der Waals surface area (Å²) in [6.45, 7) is 0. The van der Waals surface area contributed by atoms with Crippen molar-refractivity contribution in [3.05, 3.63) is 0 Å². The maximum absolute atomic E-state index is 10.7. The molecule has 5 nitrogen and oxygen atoms in total. The second kappa shape index (κ2) is 9.06. The minimum Gasteiger partial charge on any atom is -0.596 e. The zero-order valence-corrected chi connectivity index (χ0v) is 10.8. The molecule has 0 saturated heterocycles. The Labute approximate surface area is 100 Å². The van der Waals surface area contributed by atoms with Gasteiger partial charge in [0.25, 0.3) is 0 Å². The summed E-state index contributed by atoms with van der Waals surface area (Å²) in [4.78, 5) is 20.8. The van der Waals surface area contributed by atoms with E-state index in [0.29, 0.717) is 12.8 Å². The fourth-order valence-corrected chi connectivity index (χ4v) is 1.15. The van der Waals surface area contributed by atoms with Crippen molar-refractivity contribution < 1.29 is 48.5 Å². The number of methoxy groups -OCH3 is 1. The van der Waals surface area contributed by atoms with Gasteiger partial charge in [-0.15, -0.1) is 0 Å². The van der Waals surface area contributed by atoms with E-state index in [0.717, 1.165) is 0 Å². The molecule has 70 valence electrons. The predicted octanol–water partition coefficient (Wildman–Crippen LogP) is -3.63. The molecule has 0 aromatic carbocycles. The number of carbonyl (C=O) groups excluding carboxylic acids is 1. The minimum atomic E-state index is -2.36. The summed E-state index contributed by atoms with van der Waals surface area (Å²) >= 11 is 0. The maximum atomic E-state index is 10.7. The monoisotopic (exact) mass is 216 g/mol. The molecule has 13 heavy (non-hydrogen) atoms. The van der Waals surface area contributed by atoms with Crippen LogP contribution in [0.2, 0.25) is 0 Å². The van der Waals surface area contributed by atoms with E-state index in [2.05, 4.69) is 4.74 Å². The van der Waals surface area contributed by atoms with Crippen molar-refractivity contribution >= 4 is 14.0 Å². The fraction of sp³-hybridized carbons (Fsp3) is 0.833. The van der Waals surface area contributed by atoms with Crippen LogP contribution in [0, 0.1) is 0 Å². The molecule has 0 amide bonds. The standard InChI is InChI=1S/C6H12NO4P.Na/c1-11-6(8)5(7)3-2-4-12(9)10;/h5H,2-4,7H2,1H3;/q;+1. The van der Waals surface area contributed by atoms with E-state index in [1.165, 1.54) is 7.11 Å². The van der Waals surface area contributed by atoms with Crippen molar-refractivity contribution in [3.8, 4) is 0 Å². The van der Waals surface area contributed by atoms with Gasteiger partial charge in [0.15, 0.2) is 0 Å². The molecule has 0 fully saturated rings. The van der Waals surface area contributed by atoms with Gasteiger partial charge in [0.05, 0.1) is 7.11 Å². The van der Waals surface area contributed by atoms with Gasteiger partial charge in [-0.3, -0.25) is 4.79 Å². The Morgan fingerprint density at radius 2 is 2.23 bits per heavy atom. The zero-order valence-electron chi connectivity index (χ0n) is 7.86. The van der Waals surface area contributed by atoms with E-state index in [9.17, 15) is 14.3 Å². The Morgan fingerprint density at radius 3 is 2.62 bits per heavy atom. The van der Waals surface area contributed by atoms with Crippen molar-refractivity contribution in [3.63, 3.8) is 0 Å². The number of carbonyl (C=O) groups is 1. The van der Waals surface area contributed by atoms with Crippen LogP contribution in [-0.4, -0.2) is 25.3 Å². The third-order valence-corrected chi connectivity index (χ3v) is 2.04. The maximum Gasteiger partial charge on any atom is 1.00 e. The van der Waals surface area contributed by atoms with Crippen LogP contribution in [0.25, 0.3) is 0 Å². The van der Waals surface area contributed by atoms with Crippen molar-refractivity contribution in [2.24, 2.45) is 5.73 Å². The second-order valence-corrected chi connectivity index (χ2v) is 3.44. The van der Waals surface area contributed by atoms with Gasteiger partial charge >= 0.3 is 43.6 Å². The van der Waals surface area contributed by atoms with Crippen LogP contribution in [0.4, 0.5) is 0 Å². The number of esters is 1. The predicted molar refractivity (Wildman–Crippen MR) is 41.7 cm³/mol. The molecule has 2 N–H and O–H groups in total. The number of ether oxygens (including phenoxy) is 1. The van der Waals surface area contributed by atoms with Gasteiger partial charge in [-0.05, 0) is 12.8 Å². The van der Waals surface area contributed by atoms with E-state index >= 15 is 0 Å². The molecule has 7 heteroatoms. The van der Waals surface area contributed by atoms with E-state index < -0.39 is 20.0 Å². The SMILES string of the molecule is COC(=O)C(N)CCC[P+](=O)[O-].[Na+]. The van der Waals surface area contributed by atoms with Crippen molar-refractivity contribution in [1.82, 2.24) is 0 Å². The first-order chi connectivity index (χ1) is 5.57. The van der Waals surface area contributed by atoms with Gasteiger partial charge in [-0.2, -0.15) is 0 Å². The van der Waals surface area contributed by atoms with Crippen LogP contribution in [0.1, 0.15) is 12.8 Å². The molecule has 0 bridgehead atoms. The van der Waals surface area contributed by atoms with E-state index in [1.54, 1.807) is 0 Å². The van der Waals surface area contributed by atoms with Gasteiger partial charge in [0.1, 0.15) is 12.2 Å². The van der Waals surface area contributed by atoms with Crippen molar-refractivity contribution in [2.45, 2.75) is 18.9 Å². The Morgan fingerprint density at radius 1 is 1.69 bits per heavy atom. The van der Waals surface area contributed by atoms with E-state index in [-0.39, 0.29) is 35.7 Å². The van der Waals surface area contributed by atoms with Crippen molar-refractivity contribution in [2.75, 3.05) is 13.3 Å². The quantitative estimate of drug-likeness (QED) is 0.291. The largest absolute Gasteiger partial charge is 1.00 e. The molecule has 0 aliphatic carbocycles. The van der Waals surface area contributed by atoms with Crippen LogP contribution in [0.5, 0.6) is 0 Å². The molecular weight excluding hydrogens is 204 g/mol. The van der Waals surface area contributed by atoms with E-state index in [1.807, 2.05) is 0 Å². The second-order valence-electron chi connectivity index (χ2n) is 2.33. The smallest absolute Gasteiger partial charge is 0.596 e. The third kappa shape index (κ3) is 8.81. The topological polar surface area (TPSA) is 92.5 Å². The Bertz CT molecular complexity index is 178. The molecule has 0 aromatic rings. The van der Waals surface area contributed by atoms with Gasteiger partial charge < -0.3 is 15.4 Å². The van der Waals surface area contributed by atoms with Crippen LogP contribution in [-0.2, 0) is 14.1 Å². The zero-order chi connectivity index (χ0) is 9.56. The molecule has 0 spiro atoms. The molecule has 2 atom stereocenters. The summed E-state index contributed by atoms with van der Waals surface area (Å²) in [5.74, 6) is -0.504. The summed E-state index contributed by atoms with van der Waals surface area (Å²) in [5.41, 5.74) is 5.34. The van der Waals surface area contributed by atoms with Crippen molar-refractivity contribution in [1.29, 1.82) is 0 Å². The van der Waals surface area contributed by atoms with Crippen LogP contribution < -0.4 is 40.2 Å². The van der Waals surface area contributed by atoms with E-state index in [4.69, 9.17) is 5.73 Å². The third-order valence-electron chi connectivity index (χ3n) is 1.36. The molecule has 0 rings (SSSR count). The first-order valence-corrected chi connectivity index (χ1v) is 4.89. The fourth-order valence-electron chi connectivity index (χ4n) is 0.710. The van der Waals surface area contributed by atoms with Crippen LogP contribution in [0.15, 0.2) is 0 Å². The van der Waals surface area contributed by atoms with Gasteiger partial charge in [0, 0.05) is 0 Å². The normalized spacial score (nSPS) is 12.7. The van der Waals surface area contributed by atoms with Crippen LogP contribution in [0.3, 0.4) is 0 Å². The minimum absolute atomic E-state index is 0. The van der Waals surface area contributed by atoms with Gasteiger partial charge in [-0.25, -0.2) is 0 Å². The molecule has 0 saturated carbocycles. The molecule has 0 aliphatic heterocycles. The Balaban J connectivity index is 0. The summed E-state index contributed by atoms with van der Waals surface area (Å²) in [6, 6.07) is -0.704. The summed E-state index contributed by atoms with van der Waals surface area (Å²) in [5, 5.41) is 0. The Hall–Kier alpha value is 0.490. The molecule has 0 aromatic heterocycles. The molecule has 0 aliphatic rings. The van der Waals surface area contributed by atoms with Gasteiger partial charge in [0.2, 0.25) is 0 Å². The number of rotatable bonds is 5. The first kappa shape index (κ1) is 15.9. The summed E-state index contributed by atoms with van der Waals surface area (Å²) in [6.07, 6.45) is 0.811. The average molecular weight is 216 g/mol. The summed E-state index contributed by atoms with van der Waals surface area (Å²) in [7, 11) is -1.12.